The van der Waals surface area contributed by atoms with Crippen molar-refractivity contribution in [3.8, 4) is 0 Å². The summed E-state index contributed by atoms with van der Waals surface area (Å²) >= 11 is 3.47. The van der Waals surface area contributed by atoms with E-state index >= 15 is 0 Å². The van der Waals surface area contributed by atoms with Crippen molar-refractivity contribution in [2.45, 2.75) is 44.1 Å². The SMILES string of the molecule is O=C(OCc1ccccc1)N1CCCC2OC(CBr)CC21. The number of hydrogen-bond acceptors (Lipinski definition) is 3. The number of hydrogen-bond donors (Lipinski definition) is 0. The molecule has 3 rings (SSSR count). The minimum Gasteiger partial charge on any atom is -0.445 e. The van der Waals surface area contributed by atoms with E-state index in [0.29, 0.717) is 6.61 Å². The lowest BCUT2D eigenvalue weighted by atomic mass is 9.98. The zero-order chi connectivity index (χ0) is 14.7. The second-order valence-electron chi connectivity index (χ2n) is 5.63. The summed E-state index contributed by atoms with van der Waals surface area (Å²) in [4.78, 5) is 14.2. The molecule has 0 radical (unpaired) electrons. The second kappa shape index (κ2) is 6.79. The first-order valence-corrected chi connectivity index (χ1v) is 8.59. The summed E-state index contributed by atoms with van der Waals surface area (Å²) < 4.78 is 11.4. The van der Waals surface area contributed by atoms with Crippen LogP contribution in [0.3, 0.4) is 0 Å². The Balaban J connectivity index is 1.59. The molecule has 1 aromatic rings. The van der Waals surface area contributed by atoms with Crippen molar-refractivity contribution in [1.82, 2.24) is 4.90 Å². The van der Waals surface area contributed by atoms with Gasteiger partial charge in [0.2, 0.25) is 0 Å². The van der Waals surface area contributed by atoms with E-state index in [1.54, 1.807) is 0 Å². The third-order valence-electron chi connectivity index (χ3n) is 4.20. The van der Waals surface area contributed by atoms with Gasteiger partial charge in [-0.25, -0.2) is 4.79 Å². The van der Waals surface area contributed by atoms with Crippen LogP contribution < -0.4 is 0 Å². The van der Waals surface area contributed by atoms with Crippen molar-refractivity contribution in [3.63, 3.8) is 0 Å². The van der Waals surface area contributed by atoms with Crippen molar-refractivity contribution in [3.05, 3.63) is 35.9 Å². The molecule has 2 saturated heterocycles. The zero-order valence-corrected chi connectivity index (χ0v) is 13.5. The maximum Gasteiger partial charge on any atom is 0.410 e. The zero-order valence-electron chi connectivity index (χ0n) is 11.9. The molecule has 21 heavy (non-hydrogen) atoms. The van der Waals surface area contributed by atoms with Crippen LogP contribution in [0.25, 0.3) is 0 Å². The molecule has 0 bridgehead atoms. The van der Waals surface area contributed by atoms with Crippen molar-refractivity contribution in [2.24, 2.45) is 0 Å². The molecule has 2 aliphatic rings. The topological polar surface area (TPSA) is 38.8 Å². The molecule has 0 spiro atoms. The first-order valence-electron chi connectivity index (χ1n) is 7.46. The molecular weight excluding hydrogens is 334 g/mol. The van der Waals surface area contributed by atoms with Gasteiger partial charge >= 0.3 is 6.09 Å². The Morgan fingerprint density at radius 2 is 2.19 bits per heavy atom. The van der Waals surface area contributed by atoms with Gasteiger partial charge in [-0.15, -0.1) is 0 Å². The van der Waals surface area contributed by atoms with Crippen LogP contribution in [0.1, 0.15) is 24.8 Å². The average molecular weight is 354 g/mol. The maximum atomic E-state index is 12.3. The minimum absolute atomic E-state index is 0.171. The fourth-order valence-electron chi connectivity index (χ4n) is 3.16. The van der Waals surface area contributed by atoms with Crippen LogP contribution >= 0.6 is 15.9 Å². The van der Waals surface area contributed by atoms with Crippen LogP contribution in [0.15, 0.2) is 30.3 Å². The highest BCUT2D eigenvalue weighted by Gasteiger charge is 2.42. The van der Waals surface area contributed by atoms with Crippen molar-refractivity contribution in [1.29, 1.82) is 0 Å². The highest BCUT2D eigenvalue weighted by Crippen LogP contribution is 2.33. The van der Waals surface area contributed by atoms with E-state index in [0.717, 1.165) is 36.7 Å². The lowest BCUT2D eigenvalue weighted by Gasteiger charge is -2.35. The van der Waals surface area contributed by atoms with Crippen LogP contribution in [0.5, 0.6) is 0 Å². The predicted octanol–water partition coefficient (Wildman–Crippen LogP) is 3.34. The molecule has 2 aliphatic heterocycles. The van der Waals surface area contributed by atoms with Gasteiger partial charge in [0, 0.05) is 11.9 Å². The molecular formula is C16H20BrNO3. The van der Waals surface area contributed by atoms with Crippen LogP contribution in [-0.4, -0.2) is 41.1 Å². The van der Waals surface area contributed by atoms with Gasteiger partial charge in [-0.2, -0.15) is 0 Å². The van der Waals surface area contributed by atoms with Gasteiger partial charge in [-0.3, -0.25) is 0 Å². The molecule has 2 heterocycles. The van der Waals surface area contributed by atoms with Gasteiger partial charge in [-0.05, 0) is 24.8 Å². The Morgan fingerprint density at radius 1 is 1.38 bits per heavy atom. The molecule has 4 nitrogen and oxygen atoms in total. The van der Waals surface area contributed by atoms with E-state index < -0.39 is 0 Å². The molecule has 0 aromatic heterocycles. The summed E-state index contributed by atoms with van der Waals surface area (Å²) in [5, 5.41) is 0.826. The Kier molecular flexibility index (Phi) is 4.80. The molecule has 3 atom stereocenters. The molecule has 114 valence electrons. The number of carbonyl (C=O) groups is 1. The summed E-state index contributed by atoms with van der Waals surface area (Å²) in [7, 11) is 0. The molecule has 0 N–H and O–H groups in total. The lowest BCUT2D eigenvalue weighted by Crippen LogP contribution is -2.48. The van der Waals surface area contributed by atoms with Gasteiger partial charge in [-0.1, -0.05) is 46.3 Å². The quantitative estimate of drug-likeness (QED) is 0.782. The van der Waals surface area contributed by atoms with Gasteiger partial charge < -0.3 is 14.4 Å². The number of amides is 1. The molecule has 3 unspecified atom stereocenters. The Hall–Kier alpha value is -1.07. The van der Waals surface area contributed by atoms with E-state index in [9.17, 15) is 4.79 Å². The summed E-state index contributed by atoms with van der Waals surface area (Å²) in [6.45, 7) is 1.10. The Bertz CT molecular complexity index is 482. The highest BCUT2D eigenvalue weighted by atomic mass is 79.9. The summed E-state index contributed by atoms with van der Waals surface area (Å²) in [6, 6.07) is 9.95. The molecule has 1 aromatic carbocycles. The summed E-state index contributed by atoms with van der Waals surface area (Å²) in [5.74, 6) is 0. The number of piperidine rings is 1. The number of fused-ring (bicyclic) bond motifs is 1. The average Bonchev–Trinajstić information content (AvgIpc) is 2.96. The normalized spacial score (nSPS) is 28.2. The number of nitrogens with zero attached hydrogens (tertiary/aromatic N) is 1. The number of likely N-dealkylation sites (tertiary alicyclic amines) is 1. The maximum absolute atomic E-state index is 12.3. The third kappa shape index (κ3) is 3.40. The number of halogens is 1. The van der Waals surface area contributed by atoms with Crippen LogP contribution in [-0.2, 0) is 16.1 Å². The van der Waals surface area contributed by atoms with E-state index in [2.05, 4.69) is 15.9 Å². The fourth-order valence-corrected chi connectivity index (χ4v) is 3.58. The number of rotatable bonds is 3. The van der Waals surface area contributed by atoms with Crippen molar-refractivity contribution in [2.75, 3.05) is 11.9 Å². The van der Waals surface area contributed by atoms with E-state index in [1.165, 1.54) is 0 Å². The van der Waals surface area contributed by atoms with E-state index in [1.807, 2.05) is 35.2 Å². The number of carbonyl (C=O) groups excluding carboxylic acids is 1. The smallest absolute Gasteiger partial charge is 0.410 e. The fraction of sp³-hybridized carbons (Fsp3) is 0.562. The minimum atomic E-state index is -0.215. The van der Waals surface area contributed by atoms with Gasteiger partial charge in [0.05, 0.1) is 18.2 Å². The first-order chi connectivity index (χ1) is 10.3. The van der Waals surface area contributed by atoms with Crippen molar-refractivity contribution >= 4 is 22.0 Å². The van der Waals surface area contributed by atoms with Gasteiger partial charge in [0.25, 0.3) is 0 Å². The van der Waals surface area contributed by atoms with Crippen LogP contribution in [0, 0.1) is 0 Å². The number of benzene rings is 1. The van der Waals surface area contributed by atoms with E-state index in [-0.39, 0.29) is 24.3 Å². The predicted molar refractivity (Wildman–Crippen MR) is 83.4 cm³/mol. The second-order valence-corrected chi connectivity index (χ2v) is 6.28. The molecule has 0 aliphatic carbocycles. The van der Waals surface area contributed by atoms with E-state index in [4.69, 9.17) is 9.47 Å². The lowest BCUT2D eigenvalue weighted by molar-refractivity contribution is 0.000548. The highest BCUT2D eigenvalue weighted by molar-refractivity contribution is 9.09. The molecule has 2 fully saturated rings. The standard InChI is InChI=1S/C16H20BrNO3/c17-10-13-9-14-15(21-13)7-4-8-18(14)16(19)20-11-12-5-2-1-3-6-12/h1-3,5-6,13-15H,4,7-11H2. The van der Waals surface area contributed by atoms with Gasteiger partial charge in [0.1, 0.15) is 6.61 Å². The monoisotopic (exact) mass is 353 g/mol. The van der Waals surface area contributed by atoms with Crippen LogP contribution in [0.2, 0.25) is 0 Å². The Labute approximate surface area is 133 Å². The first kappa shape index (κ1) is 14.9. The van der Waals surface area contributed by atoms with Crippen molar-refractivity contribution < 1.29 is 14.3 Å². The van der Waals surface area contributed by atoms with Crippen LogP contribution in [0.4, 0.5) is 4.79 Å². The summed E-state index contributed by atoms with van der Waals surface area (Å²) in [6.07, 6.45) is 3.09. The van der Waals surface area contributed by atoms with Gasteiger partial charge in [0.15, 0.2) is 0 Å². The molecule has 1 amide bonds. The molecule has 5 heteroatoms. The Morgan fingerprint density at radius 3 is 2.95 bits per heavy atom. The number of alkyl halides is 1. The number of ether oxygens (including phenoxy) is 2. The molecule has 0 saturated carbocycles. The third-order valence-corrected chi connectivity index (χ3v) is 4.92. The summed E-state index contributed by atoms with van der Waals surface area (Å²) in [5.41, 5.74) is 1.01. The largest absolute Gasteiger partial charge is 0.445 e.